The standard InChI is InChI=1S/C14H18N2O4/c1-20-11-9-15-7-4-10(11)13(19)16-14(8-12(17)18)5-2-3-6-14/h4,7,9H,2-3,5-6,8H2,1H3,(H,16,19)(H,17,18). The molecular weight excluding hydrogens is 260 g/mol. The van der Waals surface area contributed by atoms with Crippen molar-refractivity contribution in [2.24, 2.45) is 0 Å². The van der Waals surface area contributed by atoms with Crippen molar-refractivity contribution < 1.29 is 19.4 Å². The Bertz CT molecular complexity index is 510. The molecule has 1 fully saturated rings. The number of carboxylic acids is 1. The molecule has 2 N–H and O–H groups in total. The van der Waals surface area contributed by atoms with Gasteiger partial charge >= 0.3 is 5.97 Å². The van der Waals surface area contributed by atoms with E-state index in [1.54, 1.807) is 6.07 Å². The maximum Gasteiger partial charge on any atom is 0.305 e. The lowest BCUT2D eigenvalue weighted by atomic mass is 9.92. The number of nitrogens with zero attached hydrogens (tertiary/aromatic N) is 1. The first-order valence-corrected chi connectivity index (χ1v) is 6.59. The third-order valence-corrected chi connectivity index (χ3v) is 3.68. The van der Waals surface area contributed by atoms with Crippen LogP contribution in [0.4, 0.5) is 0 Å². The van der Waals surface area contributed by atoms with Crippen LogP contribution in [-0.2, 0) is 4.79 Å². The van der Waals surface area contributed by atoms with Gasteiger partial charge in [0.1, 0.15) is 5.75 Å². The molecule has 1 aliphatic carbocycles. The highest BCUT2D eigenvalue weighted by atomic mass is 16.5. The third kappa shape index (κ3) is 3.07. The maximum atomic E-state index is 12.4. The second-order valence-corrected chi connectivity index (χ2v) is 5.09. The Labute approximate surface area is 117 Å². The second-order valence-electron chi connectivity index (χ2n) is 5.09. The Morgan fingerprint density at radius 3 is 2.75 bits per heavy atom. The fourth-order valence-electron chi connectivity index (χ4n) is 2.73. The summed E-state index contributed by atoms with van der Waals surface area (Å²) in [7, 11) is 1.47. The molecule has 0 spiro atoms. The summed E-state index contributed by atoms with van der Waals surface area (Å²) in [6.45, 7) is 0. The van der Waals surface area contributed by atoms with Gasteiger partial charge in [-0.3, -0.25) is 14.6 Å². The number of ether oxygens (including phenoxy) is 1. The molecule has 0 saturated heterocycles. The van der Waals surface area contributed by atoms with E-state index in [0.29, 0.717) is 24.2 Å². The minimum atomic E-state index is -0.895. The molecule has 2 rings (SSSR count). The molecule has 0 bridgehead atoms. The lowest BCUT2D eigenvalue weighted by Gasteiger charge is -2.28. The number of carbonyl (C=O) groups is 2. The molecule has 1 aliphatic rings. The van der Waals surface area contributed by atoms with E-state index in [1.807, 2.05) is 0 Å². The zero-order chi connectivity index (χ0) is 14.6. The summed E-state index contributed by atoms with van der Waals surface area (Å²) >= 11 is 0. The Morgan fingerprint density at radius 2 is 2.15 bits per heavy atom. The topological polar surface area (TPSA) is 88.5 Å². The average Bonchev–Trinajstić information content (AvgIpc) is 2.85. The molecule has 6 nitrogen and oxygen atoms in total. The molecule has 1 heterocycles. The van der Waals surface area contributed by atoms with E-state index < -0.39 is 11.5 Å². The number of nitrogens with one attached hydrogen (secondary N) is 1. The lowest BCUT2D eigenvalue weighted by molar-refractivity contribution is -0.138. The Morgan fingerprint density at radius 1 is 1.45 bits per heavy atom. The van der Waals surface area contributed by atoms with Crippen molar-refractivity contribution in [3.8, 4) is 5.75 Å². The van der Waals surface area contributed by atoms with Crippen molar-refractivity contribution in [1.82, 2.24) is 10.3 Å². The first-order valence-electron chi connectivity index (χ1n) is 6.59. The molecule has 20 heavy (non-hydrogen) atoms. The van der Waals surface area contributed by atoms with E-state index in [9.17, 15) is 9.59 Å². The Balaban J connectivity index is 2.18. The van der Waals surface area contributed by atoms with E-state index in [0.717, 1.165) is 12.8 Å². The smallest absolute Gasteiger partial charge is 0.305 e. The molecule has 6 heteroatoms. The fourth-order valence-corrected chi connectivity index (χ4v) is 2.73. The number of rotatable bonds is 5. The van der Waals surface area contributed by atoms with Gasteiger partial charge in [0, 0.05) is 6.20 Å². The maximum absolute atomic E-state index is 12.4. The highest BCUT2D eigenvalue weighted by molar-refractivity contribution is 5.97. The van der Waals surface area contributed by atoms with Crippen molar-refractivity contribution >= 4 is 11.9 Å². The van der Waals surface area contributed by atoms with Crippen molar-refractivity contribution in [1.29, 1.82) is 0 Å². The van der Waals surface area contributed by atoms with Gasteiger partial charge < -0.3 is 15.2 Å². The third-order valence-electron chi connectivity index (χ3n) is 3.68. The molecule has 1 amide bonds. The number of aromatic nitrogens is 1. The SMILES string of the molecule is COc1cnccc1C(=O)NC1(CC(=O)O)CCCC1. The highest BCUT2D eigenvalue weighted by Crippen LogP contribution is 2.33. The van der Waals surface area contributed by atoms with Crippen LogP contribution < -0.4 is 10.1 Å². The summed E-state index contributed by atoms with van der Waals surface area (Å²) in [5, 5.41) is 11.9. The number of hydrogen-bond acceptors (Lipinski definition) is 4. The number of carboxylic acid groups (broad SMARTS) is 1. The molecule has 0 aromatic carbocycles. The monoisotopic (exact) mass is 278 g/mol. The normalized spacial score (nSPS) is 16.6. The molecule has 108 valence electrons. The largest absolute Gasteiger partial charge is 0.494 e. The molecule has 0 atom stereocenters. The first-order chi connectivity index (χ1) is 9.56. The van der Waals surface area contributed by atoms with E-state index in [4.69, 9.17) is 9.84 Å². The van der Waals surface area contributed by atoms with Gasteiger partial charge in [0.05, 0.1) is 30.8 Å². The van der Waals surface area contributed by atoms with Gasteiger partial charge in [-0.25, -0.2) is 0 Å². The van der Waals surface area contributed by atoms with Gasteiger partial charge in [0.25, 0.3) is 5.91 Å². The van der Waals surface area contributed by atoms with Crippen LogP contribution in [0.2, 0.25) is 0 Å². The van der Waals surface area contributed by atoms with Gasteiger partial charge in [-0.05, 0) is 18.9 Å². The van der Waals surface area contributed by atoms with Crippen LogP contribution >= 0.6 is 0 Å². The predicted molar refractivity (Wildman–Crippen MR) is 71.7 cm³/mol. The zero-order valence-corrected chi connectivity index (χ0v) is 11.4. The lowest BCUT2D eigenvalue weighted by Crippen LogP contribution is -2.47. The van der Waals surface area contributed by atoms with Crippen LogP contribution in [0, 0.1) is 0 Å². The van der Waals surface area contributed by atoms with Crippen molar-refractivity contribution in [2.45, 2.75) is 37.6 Å². The van der Waals surface area contributed by atoms with E-state index in [2.05, 4.69) is 10.3 Å². The molecule has 1 saturated carbocycles. The predicted octanol–water partition coefficient (Wildman–Crippen LogP) is 1.61. The Hall–Kier alpha value is -2.11. The van der Waals surface area contributed by atoms with Crippen molar-refractivity contribution in [2.75, 3.05) is 7.11 Å². The number of pyridine rings is 1. The van der Waals surface area contributed by atoms with Crippen molar-refractivity contribution in [3.63, 3.8) is 0 Å². The van der Waals surface area contributed by atoms with Crippen molar-refractivity contribution in [3.05, 3.63) is 24.0 Å². The number of carbonyl (C=O) groups excluding carboxylic acids is 1. The fraction of sp³-hybridized carbons (Fsp3) is 0.500. The molecule has 0 unspecified atom stereocenters. The van der Waals surface area contributed by atoms with E-state index in [1.165, 1.54) is 19.5 Å². The first kappa shape index (κ1) is 14.3. The summed E-state index contributed by atoms with van der Waals surface area (Å²) in [6.07, 6.45) is 6.18. The quantitative estimate of drug-likeness (QED) is 0.854. The minimum absolute atomic E-state index is 0.0495. The van der Waals surface area contributed by atoms with Gasteiger partial charge in [0.2, 0.25) is 0 Å². The van der Waals surface area contributed by atoms with Crippen LogP contribution in [0.3, 0.4) is 0 Å². The molecular formula is C14H18N2O4. The number of amides is 1. The summed E-state index contributed by atoms with van der Waals surface area (Å²) in [5.41, 5.74) is -0.267. The van der Waals surface area contributed by atoms with Crippen LogP contribution in [0.15, 0.2) is 18.5 Å². The summed E-state index contributed by atoms with van der Waals surface area (Å²) < 4.78 is 5.11. The molecule has 0 radical (unpaired) electrons. The number of methoxy groups -OCH3 is 1. The van der Waals surface area contributed by atoms with E-state index >= 15 is 0 Å². The second kappa shape index (κ2) is 5.90. The molecule has 1 aromatic heterocycles. The van der Waals surface area contributed by atoms with Gasteiger partial charge in [-0.1, -0.05) is 12.8 Å². The number of hydrogen-bond donors (Lipinski definition) is 2. The summed E-state index contributed by atoms with van der Waals surface area (Å²) in [6, 6.07) is 1.57. The minimum Gasteiger partial charge on any atom is -0.494 e. The average molecular weight is 278 g/mol. The summed E-state index contributed by atoms with van der Waals surface area (Å²) in [4.78, 5) is 27.3. The van der Waals surface area contributed by atoms with Gasteiger partial charge in [-0.15, -0.1) is 0 Å². The van der Waals surface area contributed by atoms with Crippen LogP contribution in [0.1, 0.15) is 42.5 Å². The summed E-state index contributed by atoms with van der Waals surface area (Å²) in [5.74, 6) is -0.824. The molecule has 1 aromatic rings. The van der Waals surface area contributed by atoms with E-state index in [-0.39, 0.29) is 12.3 Å². The van der Waals surface area contributed by atoms with Crippen LogP contribution in [0.5, 0.6) is 5.75 Å². The zero-order valence-electron chi connectivity index (χ0n) is 11.4. The Kier molecular flexibility index (Phi) is 4.22. The van der Waals surface area contributed by atoms with Gasteiger partial charge in [-0.2, -0.15) is 0 Å². The highest BCUT2D eigenvalue weighted by Gasteiger charge is 2.38. The number of aliphatic carboxylic acids is 1. The van der Waals surface area contributed by atoms with Crippen LogP contribution in [0.25, 0.3) is 0 Å². The molecule has 0 aliphatic heterocycles. The van der Waals surface area contributed by atoms with Crippen LogP contribution in [-0.4, -0.2) is 34.6 Å². The van der Waals surface area contributed by atoms with Gasteiger partial charge in [0.15, 0.2) is 0 Å².